The van der Waals surface area contributed by atoms with Crippen molar-refractivity contribution in [2.24, 2.45) is 0 Å². The van der Waals surface area contributed by atoms with Crippen molar-refractivity contribution in [2.45, 2.75) is 19.3 Å². The first kappa shape index (κ1) is 17.8. The summed E-state index contributed by atoms with van der Waals surface area (Å²) in [7, 11) is 1.56. The van der Waals surface area contributed by atoms with Crippen molar-refractivity contribution in [3.8, 4) is 0 Å². The minimum absolute atomic E-state index is 0.0378. The Morgan fingerprint density at radius 1 is 1.31 bits per heavy atom. The quantitative estimate of drug-likeness (QED) is 0.479. The van der Waals surface area contributed by atoms with Crippen molar-refractivity contribution >= 4 is 39.9 Å². The van der Waals surface area contributed by atoms with Gasteiger partial charge in [0.15, 0.2) is 0 Å². The smallest absolute Gasteiger partial charge is 0.270 e. The molecule has 134 valence electrons. The van der Waals surface area contributed by atoms with E-state index in [-0.39, 0.29) is 17.5 Å². The summed E-state index contributed by atoms with van der Waals surface area (Å²) in [5.74, 6) is -0.594. The van der Waals surface area contributed by atoms with E-state index in [2.05, 4.69) is 10.6 Å². The molecule has 0 unspecified atom stereocenters. The van der Waals surface area contributed by atoms with Gasteiger partial charge in [-0.2, -0.15) is 0 Å². The Morgan fingerprint density at radius 3 is 2.85 bits per heavy atom. The number of anilines is 1. The topological polar surface area (TPSA) is 101 Å². The molecule has 0 aliphatic heterocycles. The minimum Gasteiger partial charge on any atom is -0.355 e. The van der Waals surface area contributed by atoms with Gasteiger partial charge in [0.05, 0.1) is 10.5 Å². The van der Waals surface area contributed by atoms with Gasteiger partial charge < -0.3 is 10.6 Å². The van der Waals surface area contributed by atoms with Gasteiger partial charge in [0.2, 0.25) is 5.91 Å². The molecule has 2 amide bonds. The van der Waals surface area contributed by atoms with Gasteiger partial charge in [-0.25, -0.2) is 0 Å². The standard InChI is InChI=1S/C18H17N3O4S/c1-19-17(23)16-13-6-3-7-14(13)26-18(16)20-15(22)9-8-11-4-2-5-12(10-11)21(24)25/h2,4-5,8-10H,3,6-7H2,1H3,(H,19,23)(H,20,22). The SMILES string of the molecule is CNC(=O)c1c(NC(=O)C=Cc2cccc([N+](=O)[O-])c2)sc2c1CCC2. The van der Waals surface area contributed by atoms with Crippen LogP contribution >= 0.6 is 11.3 Å². The molecule has 1 heterocycles. The average molecular weight is 371 g/mol. The number of fused-ring (bicyclic) bond motifs is 1. The van der Waals surface area contributed by atoms with E-state index in [1.807, 2.05) is 0 Å². The molecule has 0 radical (unpaired) electrons. The Hall–Kier alpha value is -3.00. The lowest BCUT2D eigenvalue weighted by atomic mass is 10.1. The maximum atomic E-state index is 12.2. The number of hydrogen-bond donors (Lipinski definition) is 2. The molecule has 3 rings (SSSR count). The predicted molar refractivity (Wildman–Crippen MR) is 100 cm³/mol. The molecule has 0 bridgehead atoms. The second-order valence-electron chi connectivity index (χ2n) is 5.82. The van der Waals surface area contributed by atoms with Crippen molar-refractivity contribution in [3.63, 3.8) is 0 Å². The molecule has 1 aliphatic carbocycles. The van der Waals surface area contributed by atoms with Crippen LogP contribution in [-0.4, -0.2) is 23.8 Å². The Bertz CT molecular complexity index is 917. The summed E-state index contributed by atoms with van der Waals surface area (Å²) in [6, 6.07) is 6.01. The lowest BCUT2D eigenvalue weighted by molar-refractivity contribution is -0.384. The number of aryl methyl sites for hydroxylation is 1. The zero-order valence-electron chi connectivity index (χ0n) is 14.1. The van der Waals surface area contributed by atoms with E-state index in [0.29, 0.717) is 16.1 Å². The molecular formula is C18H17N3O4S. The summed E-state index contributed by atoms with van der Waals surface area (Å²) in [4.78, 5) is 35.9. The highest BCUT2D eigenvalue weighted by Crippen LogP contribution is 2.39. The molecule has 2 N–H and O–H groups in total. The average Bonchev–Trinajstić information content (AvgIpc) is 3.20. The van der Waals surface area contributed by atoms with Crippen molar-refractivity contribution in [2.75, 3.05) is 12.4 Å². The first-order valence-electron chi connectivity index (χ1n) is 8.09. The van der Waals surface area contributed by atoms with Crippen LogP contribution in [0.3, 0.4) is 0 Å². The number of rotatable bonds is 5. The first-order chi connectivity index (χ1) is 12.5. The van der Waals surface area contributed by atoms with Gasteiger partial charge in [0, 0.05) is 30.1 Å². The van der Waals surface area contributed by atoms with Gasteiger partial charge in [-0.05, 0) is 36.5 Å². The van der Waals surface area contributed by atoms with Crippen molar-refractivity contribution < 1.29 is 14.5 Å². The highest BCUT2D eigenvalue weighted by molar-refractivity contribution is 7.17. The molecule has 1 aromatic carbocycles. The fraction of sp³-hybridized carbons (Fsp3) is 0.222. The summed E-state index contributed by atoms with van der Waals surface area (Å²) in [5.41, 5.74) is 2.08. The van der Waals surface area contributed by atoms with Gasteiger partial charge in [0.25, 0.3) is 11.6 Å². The van der Waals surface area contributed by atoms with Gasteiger partial charge in [-0.1, -0.05) is 12.1 Å². The summed E-state index contributed by atoms with van der Waals surface area (Å²) in [5, 5.41) is 16.7. The second kappa shape index (κ2) is 7.49. The van der Waals surface area contributed by atoms with E-state index >= 15 is 0 Å². The van der Waals surface area contributed by atoms with Crippen LogP contribution in [-0.2, 0) is 17.6 Å². The molecule has 0 spiro atoms. The lowest BCUT2D eigenvalue weighted by Gasteiger charge is -2.05. The molecule has 7 nitrogen and oxygen atoms in total. The fourth-order valence-electron chi connectivity index (χ4n) is 2.93. The maximum absolute atomic E-state index is 12.2. The molecule has 1 aromatic heterocycles. The molecule has 2 aromatic rings. The second-order valence-corrected chi connectivity index (χ2v) is 6.92. The Morgan fingerprint density at radius 2 is 2.12 bits per heavy atom. The molecular weight excluding hydrogens is 354 g/mol. The highest BCUT2D eigenvalue weighted by Gasteiger charge is 2.26. The fourth-order valence-corrected chi connectivity index (χ4v) is 4.21. The number of nitro benzene ring substituents is 1. The molecule has 0 atom stereocenters. The number of nitrogens with one attached hydrogen (secondary N) is 2. The van der Waals surface area contributed by atoms with Crippen LogP contribution in [0.15, 0.2) is 30.3 Å². The third-order valence-electron chi connectivity index (χ3n) is 4.12. The van der Waals surface area contributed by atoms with E-state index in [9.17, 15) is 19.7 Å². The zero-order chi connectivity index (χ0) is 18.7. The number of hydrogen-bond acceptors (Lipinski definition) is 5. The van der Waals surface area contributed by atoms with Gasteiger partial charge in [0.1, 0.15) is 5.00 Å². The van der Waals surface area contributed by atoms with Crippen LogP contribution in [0.2, 0.25) is 0 Å². The van der Waals surface area contributed by atoms with Crippen molar-refractivity contribution in [1.29, 1.82) is 0 Å². The lowest BCUT2D eigenvalue weighted by Crippen LogP contribution is -2.21. The van der Waals surface area contributed by atoms with Crippen LogP contribution in [0.1, 0.15) is 32.8 Å². The van der Waals surface area contributed by atoms with Gasteiger partial charge in [-0.3, -0.25) is 19.7 Å². The molecule has 0 fully saturated rings. The minimum atomic E-state index is -0.486. The number of carbonyl (C=O) groups excluding carboxylic acids is 2. The summed E-state index contributed by atoms with van der Waals surface area (Å²) in [6.07, 6.45) is 5.59. The number of amides is 2. The number of non-ortho nitro benzene ring substituents is 1. The first-order valence-corrected chi connectivity index (χ1v) is 8.91. The number of carbonyl (C=O) groups is 2. The number of thiophene rings is 1. The van der Waals surface area contributed by atoms with E-state index in [0.717, 1.165) is 29.7 Å². The number of benzene rings is 1. The largest absolute Gasteiger partial charge is 0.355 e. The highest BCUT2D eigenvalue weighted by atomic mass is 32.1. The van der Waals surface area contributed by atoms with E-state index in [1.165, 1.54) is 35.6 Å². The van der Waals surface area contributed by atoms with Crippen molar-refractivity contribution in [3.05, 3.63) is 62.0 Å². The van der Waals surface area contributed by atoms with Gasteiger partial charge in [-0.15, -0.1) is 11.3 Å². The monoisotopic (exact) mass is 371 g/mol. The third kappa shape index (κ3) is 3.65. The van der Waals surface area contributed by atoms with Crippen LogP contribution < -0.4 is 10.6 Å². The van der Waals surface area contributed by atoms with Crippen LogP contribution in [0, 0.1) is 10.1 Å². The zero-order valence-corrected chi connectivity index (χ0v) is 14.9. The third-order valence-corrected chi connectivity index (χ3v) is 5.33. The molecule has 8 heteroatoms. The predicted octanol–water partition coefficient (Wildman–Crippen LogP) is 3.16. The van der Waals surface area contributed by atoms with Crippen LogP contribution in [0.25, 0.3) is 6.08 Å². The summed E-state index contributed by atoms with van der Waals surface area (Å²) < 4.78 is 0. The number of nitro groups is 1. The normalized spacial score (nSPS) is 12.8. The van der Waals surface area contributed by atoms with Crippen LogP contribution in [0.4, 0.5) is 10.7 Å². The molecule has 26 heavy (non-hydrogen) atoms. The summed E-state index contributed by atoms with van der Waals surface area (Å²) >= 11 is 1.43. The Kier molecular flexibility index (Phi) is 5.13. The van der Waals surface area contributed by atoms with Crippen molar-refractivity contribution in [1.82, 2.24) is 5.32 Å². The molecule has 1 aliphatic rings. The van der Waals surface area contributed by atoms with Gasteiger partial charge >= 0.3 is 0 Å². The van der Waals surface area contributed by atoms with E-state index in [1.54, 1.807) is 19.2 Å². The molecule has 0 saturated heterocycles. The number of nitrogens with zero attached hydrogens (tertiary/aromatic N) is 1. The van der Waals surface area contributed by atoms with E-state index < -0.39 is 4.92 Å². The molecule has 0 saturated carbocycles. The Labute approximate surface area is 153 Å². The van der Waals surface area contributed by atoms with E-state index in [4.69, 9.17) is 0 Å². The Balaban J connectivity index is 1.78. The van der Waals surface area contributed by atoms with Crippen LogP contribution in [0.5, 0.6) is 0 Å². The summed E-state index contributed by atoms with van der Waals surface area (Å²) in [6.45, 7) is 0. The maximum Gasteiger partial charge on any atom is 0.270 e.